The van der Waals surface area contributed by atoms with Crippen LogP contribution >= 0.6 is 11.3 Å². The monoisotopic (exact) mass is 318 g/mol. The highest BCUT2D eigenvalue weighted by Crippen LogP contribution is 2.30. The van der Waals surface area contributed by atoms with E-state index >= 15 is 0 Å². The number of hydrogen-bond acceptors (Lipinski definition) is 3. The van der Waals surface area contributed by atoms with Crippen LogP contribution in [0.4, 0.5) is 0 Å². The second-order valence-electron chi connectivity index (χ2n) is 5.58. The van der Waals surface area contributed by atoms with Crippen LogP contribution < -0.4 is 0 Å². The van der Waals surface area contributed by atoms with Crippen molar-refractivity contribution in [2.75, 3.05) is 0 Å². The summed E-state index contributed by atoms with van der Waals surface area (Å²) in [6.07, 6.45) is 3.68. The molecule has 1 aromatic heterocycles. The molecule has 0 spiro atoms. The maximum Gasteiger partial charge on any atom is 0.343 e. The lowest BCUT2D eigenvalue weighted by Gasteiger charge is -2.05. The highest BCUT2D eigenvalue weighted by molar-refractivity contribution is 7.10. The number of aryl methyl sites for hydroxylation is 1. The molecule has 0 bridgehead atoms. The van der Waals surface area contributed by atoms with Gasteiger partial charge in [0.15, 0.2) is 0 Å². The largest absolute Gasteiger partial charge is 0.422 e. The molecule has 23 heavy (non-hydrogen) atoms. The SMILES string of the molecule is Cc1ccc2cc(C3=C/C(=C/c4cccs4)C(=O)O3)ccc2c1. The van der Waals surface area contributed by atoms with Gasteiger partial charge in [-0.2, -0.15) is 0 Å². The minimum Gasteiger partial charge on any atom is -0.422 e. The molecular formula is C20H14O2S. The Balaban J connectivity index is 1.73. The van der Waals surface area contributed by atoms with E-state index in [0.29, 0.717) is 11.3 Å². The van der Waals surface area contributed by atoms with Crippen molar-refractivity contribution in [2.24, 2.45) is 0 Å². The van der Waals surface area contributed by atoms with Crippen molar-refractivity contribution < 1.29 is 9.53 Å². The van der Waals surface area contributed by atoms with Crippen LogP contribution in [0.1, 0.15) is 16.0 Å². The molecule has 0 N–H and O–H groups in total. The molecule has 2 nitrogen and oxygen atoms in total. The molecule has 4 rings (SSSR count). The zero-order valence-electron chi connectivity index (χ0n) is 12.6. The first-order valence-electron chi connectivity index (χ1n) is 7.39. The van der Waals surface area contributed by atoms with E-state index in [1.165, 1.54) is 10.9 Å². The molecule has 0 radical (unpaired) electrons. The van der Waals surface area contributed by atoms with Gasteiger partial charge in [0.1, 0.15) is 5.76 Å². The van der Waals surface area contributed by atoms with E-state index in [2.05, 4.69) is 37.3 Å². The number of carbonyl (C=O) groups is 1. The van der Waals surface area contributed by atoms with Crippen molar-refractivity contribution >= 4 is 39.9 Å². The van der Waals surface area contributed by atoms with Crippen molar-refractivity contribution in [3.05, 3.63) is 81.6 Å². The molecule has 0 aliphatic carbocycles. The van der Waals surface area contributed by atoms with Gasteiger partial charge in [-0.25, -0.2) is 4.79 Å². The molecule has 3 heteroatoms. The van der Waals surface area contributed by atoms with Gasteiger partial charge in [-0.15, -0.1) is 11.3 Å². The molecule has 0 atom stereocenters. The Kier molecular flexibility index (Phi) is 3.36. The summed E-state index contributed by atoms with van der Waals surface area (Å²) >= 11 is 1.60. The summed E-state index contributed by atoms with van der Waals surface area (Å²) in [4.78, 5) is 13.1. The van der Waals surface area contributed by atoms with Gasteiger partial charge in [-0.1, -0.05) is 42.0 Å². The third-order valence-electron chi connectivity index (χ3n) is 3.85. The van der Waals surface area contributed by atoms with Gasteiger partial charge in [0.2, 0.25) is 0 Å². The van der Waals surface area contributed by atoms with Crippen LogP contribution in [0, 0.1) is 6.92 Å². The molecule has 0 fully saturated rings. The number of benzene rings is 2. The summed E-state index contributed by atoms with van der Waals surface area (Å²) in [6, 6.07) is 16.4. The van der Waals surface area contributed by atoms with Crippen LogP contribution in [0.2, 0.25) is 0 Å². The lowest BCUT2D eigenvalue weighted by atomic mass is 10.0. The van der Waals surface area contributed by atoms with E-state index in [0.717, 1.165) is 15.8 Å². The first-order valence-corrected chi connectivity index (χ1v) is 8.27. The van der Waals surface area contributed by atoms with Crippen LogP contribution in [0.15, 0.2) is 65.6 Å². The second kappa shape index (κ2) is 5.52. The molecule has 0 saturated carbocycles. The van der Waals surface area contributed by atoms with E-state index < -0.39 is 0 Å². The lowest BCUT2D eigenvalue weighted by Crippen LogP contribution is -1.96. The number of fused-ring (bicyclic) bond motifs is 1. The summed E-state index contributed by atoms with van der Waals surface area (Å²) in [5, 5.41) is 4.32. The Labute approximate surface area is 138 Å². The predicted molar refractivity (Wildman–Crippen MR) is 95.1 cm³/mol. The van der Waals surface area contributed by atoms with Gasteiger partial charge in [-0.05, 0) is 47.4 Å². The minimum atomic E-state index is -0.294. The Morgan fingerprint density at radius 1 is 1.04 bits per heavy atom. The molecule has 1 aliphatic rings. The molecule has 2 aromatic carbocycles. The first-order chi connectivity index (χ1) is 11.2. The number of ether oxygens (including phenoxy) is 1. The number of thiophene rings is 1. The average Bonchev–Trinajstić information content (AvgIpc) is 3.18. The minimum absolute atomic E-state index is 0.294. The van der Waals surface area contributed by atoms with Crippen molar-refractivity contribution in [3.63, 3.8) is 0 Å². The maximum atomic E-state index is 12.1. The zero-order chi connectivity index (χ0) is 15.8. The highest BCUT2D eigenvalue weighted by atomic mass is 32.1. The molecule has 0 saturated heterocycles. The topological polar surface area (TPSA) is 26.3 Å². The number of hydrogen-bond donors (Lipinski definition) is 0. The standard InChI is InChI=1S/C20H14O2S/c1-13-4-5-15-10-16(7-6-14(15)9-13)19-12-17(20(21)22-19)11-18-3-2-8-23-18/h2-12H,1H3/b17-11-. The van der Waals surface area contributed by atoms with E-state index in [4.69, 9.17) is 4.74 Å². The number of carbonyl (C=O) groups excluding carboxylic acids is 1. The first kappa shape index (κ1) is 14.0. The molecule has 0 amide bonds. The fraction of sp³-hybridized carbons (Fsp3) is 0.0500. The summed E-state index contributed by atoms with van der Waals surface area (Å²) in [7, 11) is 0. The number of esters is 1. The smallest absolute Gasteiger partial charge is 0.343 e. The van der Waals surface area contributed by atoms with E-state index in [-0.39, 0.29) is 5.97 Å². The number of rotatable bonds is 2. The molecule has 112 valence electrons. The molecule has 0 unspecified atom stereocenters. The van der Waals surface area contributed by atoms with Gasteiger partial charge in [0.25, 0.3) is 0 Å². The van der Waals surface area contributed by atoms with Crippen molar-refractivity contribution in [1.29, 1.82) is 0 Å². The predicted octanol–water partition coefficient (Wildman–Crippen LogP) is 5.19. The maximum absolute atomic E-state index is 12.1. The van der Waals surface area contributed by atoms with Crippen molar-refractivity contribution in [2.45, 2.75) is 6.92 Å². The Morgan fingerprint density at radius 3 is 2.70 bits per heavy atom. The van der Waals surface area contributed by atoms with Gasteiger partial charge >= 0.3 is 5.97 Å². The average molecular weight is 318 g/mol. The van der Waals surface area contributed by atoms with Crippen LogP contribution in [-0.4, -0.2) is 5.97 Å². The Hall–Kier alpha value is -2.65. The van der Waals surface area contributed by atoms with E-state index in [1.54, 1.807) is 11.3 Å². The van der Waals surface area contributed by atoms with Gasteiger partial charge < -0.3 is 4.74 Å². The van der Waals surface area contributed by atoms with Crippen LogP contribution in [-0.2, 0) is 9.53 Å². The zero-order valence-corrected chi connectivity index (χ0v) is 13.4. The molecular weight excluding hydrogens is 304 g/mol. The highest BCUT2D eigenvalue weighted by Gasteiger charge is 2.22. The normalized spacial score (nSPS) is 16.0. The summed E-state index contributed by atoms with van der Waals surface area (Å²) in [6.45, 7) is 2.08. The lowest BCUT2D eigenvalue weighted by molar-refractivity contribution is -0.130. The Bertz CT molecular complexity index is 962. The van der Waals surface area contributed by atoms with Crippen LogP contribution in [0.3, 0.4) is 0 Å². The summed E-state index contributed by atoms with van der Waals surface area (Å²) in [5.74, 6) is 0.317. The summed E-state index contributed by atoms with van der Waals surface area (Å²) < 4.78 is 5.44. The molecule has 3 aromatic rings. The van der Waals surface area contributed by atoms with Crippen LogP contribution in [0.5, 0.6) is 0 Å². The summed E-state index contributed by atoms with van der Waals surface area (Å²) in [5.41, 5.74) is 2.74. The molecule has 1 aliphatic heterocycles. The fourth-order valence-electron chi connectivity index (χ4n) is 2.68. The quantitative estimate of drug-likeness (QED) is 0.480. The number of cyclic esters (lactones) is 1. The van der Waals surface area contributed by atoms with E-state index in [9.17, 15) is 4.79 Å². The third-order valence-corrected chi connectivity index (χ3v) is 4.67. The van der Waals surface area contributed by atoms with Crippen LogP contribution in [0.25, 0.3) is 22.6 Å². The fourth-order valence-corrected chi connectivity index (χ4v) is 3.34. The van der Waals surface area contributed by atoms with Gasteiger partial charge in [-0.3, -0.25) is 0 Å². The molecule has 2 heterocycles. The van der Waals surface area contributed by atoms with Crippen molar-refractivity contribution in [3.8, 4) is 0 Å². The third kappa shape index (κ3) is 2.71. The van der Waals surface area contributed by atoms with Gasteiger partial charge in [0.05, 0.1) is 5.57 Å². The van der Waals surface area contributed by atoms with Crippen molar-refractivity contribution in [1.82, 2.24) is 0 Å². The second-order valence-corrected chi connectivity index (χ2v) is 6.56. The van der Waals surface area contributed by atoms with E-state index in [1.807, 2.05) is 35.7 Å². The Morgan fingerprint density at radius 2 is 1.87 bits per heavy atom. The van der Waals surface area contributed by atoms with Gasteiger partial charge in [0, 0.05) is 10.4 Å².